The van der Waals surface area contributed by atoms with E-state index in [-0.39, 0.29) is 19.1 Å². The molecule has 3 heteroatoms. The molecule has 0 atom stereocenters. The summed E-state index contributed by atoms with van der Waals surface area (Å²) in [5.41, 5.74) is 2.79. The first-order valence-corrected chi connectivity index (χ1v) is 12.2. The van der Waals surface area contributed by atoms with E-state index in [0.29, 0.717) is 5.56 Å². The summed E-state index contributed by atoms with van der Waals surface area (Å²) < 4.78 is 19.9. The Bertz CT molecular complexity index is 934. The maximum atomic E-state index is 14.5. The van der Waals surface area contributed by atoms with Crippen LogP contribution in [0.1, 0.15) is 89.8 Å². The molecule has 0 N–H and O–H groups in total. The van der Waals surface area contributed by atoms with Crippen LogP contribution >= 0.6 is 0 Å². The first-order valence-electron chi connectivity index (χ1n) is 12.2. The lowest BCUT2D eigenvalue weighted by Gasteiger charge is -2.26. The Hall–Kier alpha value is -2.60. The minimum Gasteiger partial charge on any atom is -0.423 e. The van der Waals surface area contributed by atoms with Gasteiger partial charge >= 0.3 is 5.97 Å². The van der Waals surface area contributed by atoms with E-state index in [9.17, 15) is 9.18 Å². The first kappa shape index (κ1) is 24.1. The van der Waals surface area contributed by atoms with E-state index in [0.717, 1.165) is 43.6 Å². The monoisotopic (exact) mass is 436 g/mol. The molecule has 0 amide bonds. The molecule has 0 aliphatic heterocycles. The second kappa shape index (κ2) is 12.4. The molecule has 2 aromatic carbocycles. The zero-order chi connectivity index (χ0) is 22.8. The van der Waals surface area contributed by atoms with Gasteiger partial charge in [0.25, 0.3) is 0 Å². The molecule has 2 nitrogen and oxygen atoms in total. The summed E-state index contributed by atoms with van der Waals surface area (Å²) >= 11 is 0. The summed E-state index contributed by atoms with van der Waals surface area (Å²) in [6.07, 6.45) is 11.0. The number of benzene rings is 2. The van der Waals surface area contributed by atoms with Crippen LogP contribution in [-0.2, 0) is 11.2 Å². The van der Waals surface area contributed by atoms with Gasteiger partial charge in [-0.25, -0.2) is 4.39 Å². The van der Waals surface area contributed by atoms with Crippen LogP contribution < -0.4 is 4.74 Å². The van der Waals surface area contributed by atoms with Crippen molar-refractivity contribution in [1.29, 1.82) is 0 Å². The van der Waals surface area contributed by atoms with E-state index in [4.69, 9.17) is 4.74 Å². The fourth-order valence-corrected chi connectivity index (χ4v) is 4.43. The zero-order valence-electron chi connectivity index (χ0n) is 19.5. The molecule has 0 radical (unpaired) electrons. The first-order chi connectivity index (χ1) is 15.6. The van der Waals surface area contributed by atoms with Crippen molar-refractivity contribution >= 4 is 5.97 Å². The molecule has 0 bridgehead atoms. The molecule has 1 aliphatic carbocycles. The van der Waals surface area contributed by atoms with Gasteiger partial charge in [-0.05, 0) is 80.3 Å². The van der Waals surface area contributed by atoms with E-state index >= 15 is 0 Å². The molecular formula is C29H37FO2. The average molecular weight is 437 g/mol. The van der Waals surface area contributed by atoms with Gasteiger partial charge in [0.2, 0.25) is 0 Å². The summed E-state index contributed by atoms with van der Waals surface area (Å²) in [7, 11) is 0. The van der Waals surface area contributed by atoms with Crippen LogP contribution in [0.2, 0.25) is 0 Å². The number of hydrogen-bond acceptors (Lipinski definition) is 2. The van der Waals surface area contributed by atoms with Gasteiger partial charge in [-0.3, -0.25) is 4.79 Å². The summed E-state index contributed by atoms with van der Waals surface area (Å²) in [6, 6.07) is 12.8. The van der Waals surface area contributed by atoms with Crippen molar-refractivity contribution in [3.63, 3.8) is 0 Å². The SMILES string of the molecule is CCCCCc1ccc(C#Cc2ccc(OC(=O)C3CCC(CCC)CC3)c(F)c2)cc1.[HH]. The van der Waals surface area contributed by atoms with Crippen molar-refractivity contribution in [1.82, 2.24) is 0 Å². The standard InChI is InChI=1S/C29H35FO2.H2/c1-3-5-6-8-23-9-11-24(12-10-23)13-14-25-17-20-28(27(30)21-25)32-29(31)26-18-15-22(7-4-2)16-19-26;/h9-12,17,20-22,26H,3-8,15-16,18-19H2,1-2H3;1H. The number of unbranched alkanes of at least 4 members (excludes halogenated alkanes) is 2. The molecule has 172 valence electrons. The van der Waals surface area contributed by atoms with Crippen molar-refractivity contribution < 1.29 is 15.3 Å². The largest absolute Gasteiger partial charge is 0.423 e. The number of ether oxygens (including phenoxy) is 1. The zero-order valence-corrected chi connectivity index (χ0v) is 19.5. The van der Waals surface area contributed by atoms with Crippen molar-refractivity contribution in [2.24, 2.45) is 11.8 Å². The lowest BCUT2D eigenvalue weighted by molar-refractivity contribution is -0.140. The minimum absolute atomic E-state index is 0. The summed E-state index contributed by atoms with van der Waals surface area (Å²) in [5.74, 6) is 5.83. The highest BCUT2D eigenvalue weighted by Gasteiger charge is 2.27. The van der Waals surface area contributed by atoms with Crippen LogP contribution in [0.15, 0.2) is 42.5 Å². The van der Waals surface area contributed by atoms with Gasteiger partial charge in [-0.2, -0.15) is 0 Å². The van der Waals surface area contributed by atoms with Gasteiger partial charge in [-0.1, -0.05) is 63.5 Å². The molecule has 0 heterocycles. The van der Waals surface area contributed by atoms with Gasteiger partial charge in [0.05, 0.1) is 5.92 Å². The smallest absolute Gasteiger partial charge is 0.314 e. The van der Waals surface area contributed by atoms with Gasteiger partial charge in [-0.15, -0.1) is 0 Å². The van der Waals surface area contributed by atoms with Crippen molar-refractivity contribution in [2.45, 2.75) is 78.1 Å². The molecule has 1 fully saturated rings. The Kier molecular flexibility index (Phi) is 9.35. The number of hydrogen-bond donors (Lipinski definition) is 0. The van der Waals surface area contributed by atoms with E-state index in [1.54, 1.807) is 6.07 Å². The Labute approximate surface area is 194 Å². The Morgan fingerprint density at radius 2 is 1.66 bits per heavy atom. The Balaban J connectivity index is 0.00000385. The van der Waals surface area contributed by atoms with Crippen molar-refractivity contribution in [2.75, 3.05) is 0 Å². The normalized spacial score (nSPS) is 18.0. The number of carbonyl (C=O) groups excluding carboxylic acids is 1. The highest BCUT2D eigenvalue weighted by Crippen LogP contribution is 2.32. The van der Waals surface area contributed by atoms with Crippen LogP contribution in [0, 0.1) is 29.5 Å². The summed E-state index contributed by atoms with van der Waals surface area (Å²) in [4.78, 5) is 12.5. The van der Waals surface area contributed by atoms with Crippen LogP contribution in [0.25, 0.3) is 0 Å². The highest BCUT2D eigenvalue weighted by atomic mass is 19.1. The molecule has 0 unspecified atom stereocenters. The number of aryl methyl sites for hydroxylation is 1. The van der Waals surface area contributed by atoms with E-state index in [2.05, 4.69) is 37.8 Å². The molecule has 2 aromatic rings. The van der Waals surface area contributed by atoms with E-state index in [1.165, 1.54) is 49.8 Å². The summed E-state index contributed by atoms with van der Waals surface area (Å²) in [5, 5.41) is 0. The van der Waals surface area contributed by atoms with Crippen molar-refractivity contribution in [3.05, 3.63) is 65.0 Å². The highest BCUT2D eigenvalue weighted by molar-refractivity contribution is 5.75. The van der Waals surface area contributed by atoms with E-state index < -0.39 is 5.82 Å². The number of carbonyl (C=O) groups is 1. The third kappa shape index (κ3) is 7.23. The topological polar surface area (TPSA) is 26.3 Å². The molecule has 32 heavy (non-hydrogen) atoms. The average Bonchev–Trinajstić information content (AvgIpc) is 2.81. The second-order valence-corrected chi connectivity index (χ2v) is 8.98. The fraction of sp³-hybridized carbons (Fsp3) is 0.483. The van der Waals surface area contributed by atoms with Crippen molar-refractivity contribution in [3.8, 4) is 17.6 Å². The maximum Gasteiger partial charge on any atom is 0.314 e. The molecule has 0 saturated heterocycles. The molecule has 3 rings (SSSR count). The third-order valence-corrected chi connectivity index (χ3v) is 6.39. The molecular weight excluding hydrogens is 399 g/mol. The van der Waals surface area contributed by atoms with Gasteiger partial charge in [0, 0.05) is 12.6 Å². The van der Waals surface area contributed by atoms with Gasteiger partial charge < -0.3 is 4.74 Å². The third-order valence-electron chi connectivity index (χ3n) is 6.39. The minimum atomic E-state index is -0.545. The summed E-state index contributed by atoms with van der Waals surface area (Å²) in [6.45, 7) is 4.40. The number of rotatable bonds is 8. The van der Waals surface area contributed by atoms with Crippen LogP contribution in [-0.4, -0.2) is 5.97 Å². The molecule has 0 spiro atoms. The second-order valence-electron chi connectivity index (χ2n) is 8.98. The number of esters is 1. The number of halogens is 1. The van der Waals surface area contributed by atoms with Crippen LogP contribution in [0.3, 0.4) is 0 Å². The Morgan fingerprint density at radius 1 is 0.969 bits per heavy atom. The van der Waals surface area contributed by atoms with Crippen LogP contribution in [0.4, 0.5) is 4.39 Å². The van der Waals surface area contributed by atoms with Gasteiger partial charge in [0.1, 0.15) is 0 Å². The molecule has 1 saturated carbocycles. The lowest BCUT2D eigenvalue weighted by atomic mass is 9.80. The lowest BCUT2D eigenvalue weighted by Crippen LogP contribution is -2.26. The van der Waals surface area contributed by atoms with E-state index in [1.807, 2.05) is 12.1 Å². The quantitative estimate of drug-likeness (QED) is 0.183. The maximum absolute atomic E-state index is 14.5. The molecule has 0 aromatic heterocycles. The van der Waals surface area contributed by atoms with Gasteiger partial charge in [0.15, 0.2) is 11.6 Å². The fourth-order valence-electron chi connectivity index (χ4n) is 4.43. The Morgan fingerprint density at radius 3 is 2.31 bits per heavy atom. The van der Waals surface area contributed by atoms with Crippen LogP contribution in [0.5, 0.6) is 5.75 Å². The predicted octanol–water partition coefficient (Wildman–Crippen LogP) is 7.72. The molecule has 1 aliphatic rings. The predicted molar refractivity (Wildman–Crippen MR) is 130 cm³/mol.